The highest BCUT2D eigenvalue weighted by Gasteiger charge is 2.29. The molecule has 2 aromatic rings. The van der Waals surface area contributed by atoms with E-state index in [1.54, 1.807) is 13.1 Å². The van der Waals surface area contributed by atoms with Crippen LogP contribution in [0.3, 0.4) is 0 Å². The zero-order valence-corrected chi connectivity index (χ0v) is 20.0. The Morgan fingerprint density at radius 3 is 2.48 bits per heavy atom. The molecule has 7 heteroatoms. The van der Waals surface area contributed by atoms with Crippen LogP contribution in [0, 0.1) is 6.92 Å². The molecule has 1 aliphatic rings. The minimum Gasteiger partial charge on any atom is -0.355 e. The maximum atomic E-state index is 11.8. The summed E-state index contributed by atoms with van der Waals surface area (Å²) in [5.74, 6) is 0.732. The summed E-state index contributed by atoms with van der Waals surface area (Å²) in [4.78, 5) is 7.24. The minimum absolute atomic E-state index is 0.0289. The van der Waals surface area contributed by atoms with Gasteiger partial charge in [-0.2, -0.15) is 0 Å². The van der Waals surface area contributed by atoms with Crippen molar-refractivity contribution in [3.8, 4) is 0 Å². The van der Waals surface area contributed by atoms with E-state index in [2.05, 4.69) is 58.6 Å². The topological polar surface area (TPSA) is 73.8 Å². The van der Waals surface area contributed by atoms with Gasteiger partial charge in [0.2, 0.25) is 0 Å². The first-order valence-electron chi connectivity index (χ1n) is 10.7. The molecule has 2 N–H and O–H groups in total. The van der Waals surface area contributed by atoms with Gasteiger partial charge in [0, 0.05) is 45.0 Å². The fraction of sp³-hybridized carbons (Fsp3) is 0.458. The number of hydrogen-bond donors (Lipinski definition) is 2. The second-order valence-electron chi connectivity index (χ2n) is 8.90. The molecule has 0 fully saturated rings. The van der Waals surface area contributed by atoms with Crippen LogP contribution in [0.4, 0.5) is 0 Å². The van der Waals surface area contributed by atoms with Gasteiger partial charge in [-0.15, -0.1) is 0 Å². The Kier molecular flexibility index (Phi) is 7.06. The predicted molar refractivity (Wildman–Crippen MR) is 127 cm³/mol. The summed E-state index contributed by atoms with van der Waals surface area (Å²) in [5, 5.41) is 6.79. The summed E-state index contributed by atoms with van der Waals surface area (Å²) < 4.78 is 23.6. The van der Waals surface area contributed by atoms with Crippen LogP contribution in [-0.4, -0.2) is 51.2 Å². The molecule has 0 aromatic heterocycles. The first kappa shape index (κ1) is 23.3. The second kappa shape index (κ2) is 9.40. The monoisotopic (exact) mass is 442 g/mol. The van der Waals surface area contributed by atoms with E-state index < -0.39 is 9.84 Å². The van der Waals surface area contributed by atoms with Crippen LogP contribution in [-0.2, 0) is 29.3 Å². The standard InChI is InChI=1S/C24H34N4O2S/c1-18-14-19(10-11-22(18)31(5,29)30)15-26-23(25-4)27-17-24(2,3)28-13-12-20-8-6-7-9-21(20)16-28/h6-11,14H,12-13,15-17H2,1-5H3,(H2,25,26,27). The molecule has 3 rings (SSSR count). The van der Waals surface area contributed by atoms with Gasteiger partial charge in [-0.25, -0.2) is 8.42 Å². The predicted octanol–water partition coefficient (Wildman–Crippen LogP) is 2.90. The van der Waals surface area contributed by atoms with Crippen molar-refractivity contribution in [1.82, 2.24) is 15.5 Å². The van der Waals surface area contributed by atoms with Crippen LogP contribution in [0.1, 0.15) is 36.1 Å². The number of nitrogens with one attached hydrogen (secondary N) is 2. The Balaban J connectivity index is 1.56. The van der Waals surface area contributed by atoms with Gasteiger partial charge in [0.15, 0.2) is 15.8 Å². The van der Waals surface area contributed by atoms with Crippen molar-refractivity contribution in [2.45, 2.75) is 50.7 Å². The molecule has 0 unspecified atom stereocenters. The molecule has 2 aromatic carbocycles. The first-order valence-corrected chi connectivity index (χ1v) is 12.6. The lowest BCUT2D eigenvalue weighted by Crippen LogP contribution is -2.54. The van der Waals surface area contributed by atoms with Gasteiger partial charge in [0.05, 0.1) is 4.90 Å². The summed E-state index contributed by atoms with van der Waals surface area (Å²) in [6.07, 6.45) is 2.32. The molecule has 0 atom stereocenters. The van der Waals surface area contributed by atoms with Crippen LogP contribution in [0.15, 0.2) is 52.4 Å². The number of hydrogen-bond acceptors (Lipinski definition) is 4. The van der Waals surface area contributed by atoms with Crippen LogP contribution >= 0.6 is 0 Å². The number of rotatable bonds is 6. The van der Waals surface area contributed by atoms with Gasteiger partial charge in [0.25, 0.3) is 0 Å². The number of nitrogens with zero attached hydrogens (tertiary/aromatic N) is 2. The van der Waals surface area contributed by atoms with Crippen LogP contribution < -0.4 is 10.6 Å². The van der Waals surface area contributed by atoms with Gasteiger partial charge in [-0.1, -0.05) is 36.4 Å². The van der Waals surface area contributed by atoms with E-state index in [4.69, 9.17) is 0 Å². The third kappa shape index (κ3) is 5.86. The van der Waals surface area contributed by atoms with E-state index in [0.29, 0.717) is 11.4 Å². The maximum absolute atomic E-state index is 11.8. The Morgan fingerprint density at radius 1 is 1.13 bits per heavy atom. The van der Waals surface area contributed by atoms with Crippen LogP contribution in [0.25, 0.3) is 0 Å². The van der Waals surface area contributed by atoms with E-state index in [9.17, 15) is 8.42 Å². The molecular formula is C24H34N4O2S. The van der Waals surface area contributed by atoms with Crippen molar-refractivity contribution in [3.05, 3.63) is 64.7 Å². The average molecular weight is 443 g/mol. The Labute approximate surface area is 186 Å². The quantitative estimate of drug-likeness (QED) is 0.532. The van der Waals surface area contributed by atoms with E-state index in [1.165, 1.54) is 17.4 Å². The molecule has 1 heterocycles. The number of sulfone groups is 1. The lowest BCUT2D eigenvalue weighted by Gasteiger charge is -2.42. The minimum atomic E-state index is -3.20. The van der Waals surface area contributed by atoms with Crippen molar-refractivity contribution in [2.24, 2.45) is 4.99 Å². The van der Waals surface area contributed by atoms with Gasteiger partial charge in [-0.05, 0) is 55.5 Å². The smallest absolute Gasteiger partial charge is 0.191 e. The van der Waals surface area contributed by atoms with Crippen molar-refractivity contribution in [2.75, 3.05) is 26.4 Å². The zero-order valence-electron chi connectivity index (χ0n) is 19.2. The second-order valence-corrected chi connectivity index (χ2v) is 10.9. The first-order chi connectivity index (χ1) is 14.6. The number of fused-ring (bicyclic) bond motifs is 1. The lowest BCUT2D eigenvalue weighted by atomic mass is 9.94. The maximum Gasteiger partial charge on any atom is 0.191 e. The summed E-state index contributed by atoms with van der Waals surface area (Å²) in [6.45, 7) is 9.69. The largest absolute Gasteiger partial charge is 0.355 e. The molecule has 31 heavy (non-hydrogen) atoms. The van der Waals surface area contributed by atoms with E-state index in [-0.39, 0.29) is 5.54 Å². The molecule has 0 radical (unpaired) electrons. The Bertz CT molecular complexity index is 1060. The molecule has 168 valence electrons. The van der Waals surface area contributed by atoms with Gasteiger partial charge in [-0.3, -0.25) is 9.89 Å². The molecule has 0 saturated carbocycles. The van der Waals surface area contributed by atoms with Gasteiger partial charge < -0.3 is 10.6 Å². The molecule has 0 spiro atoms. The van der Waals surface area contributed by atoms with Gasteiger partial charge in [0.1, 0.15) is 0 Å². The van der Waals surface area contributed by atoms with E-state index in [0.717, 1.165) is 43.1 Å². The third-order valence-corrected chi connectivity index (χ3v) is 7.25. The molecule has 0 saturated heterocycles. The normalized spacial score (nSPS) is 15.5. The molecule has 1 aliphatic heterocycles. The number of aliphatic imine (C=N–C) groups is 1. The zero-order chi connectivity index (χ0) is 22.6. The highest BCUT2D eigenvalue weighted by molar-refractivity contribution is 7.90. The highest BCUT2D eigenvalue weighted by atomic mass is 32.2. The SMILES string of the molecule is CN=C(NCc1ccc(S(C)(=O)=O)c(C)c1)NCC(C)(C)N1CCc2ccccc2C1. The lowest BCUT2D eigenvalue weighted by molar-refractivity contribution is 0.107. The Morgan fingerprint density at radius 2 is 1.84 bits per heavy atom. The van der Waals surface area contributed by atoms with Crippen molar-refractivity contribution in [3.63, 3.8) is 0 Å². The molecule has 0 aliphatic carbocycles. The van der Waals surface area contributed by atoms with E-state index in [1.807, 2.05) is 19.1 Å². The average Bonchev–Trinajstić information content (AvgIpc) is 2.72. The van der Waals surface area contributed by atoms with Crippen molar-refractivity contribution >= 4 is 15.8 Å². The van der Waals surface area contributed by atoms with Gasteiger partial charge >= 0.3 is 0 Å². The number of benzene rings is 2. The Hall–Kier alpha value is -2.38. The highest BCUT2D eigenvalue weighted by Crippen LogP contribution is 2.25. The van der Waals surface area contributed by atoms with E-state index >= 15 is 0 Å². The fourth-order valence-corrected chi connectivity index (χ4v) is 5.03. The molecule has 6 nitrogen and oxygen atoms in total. The summed E-state index contributed by atoms with van der Waals surface area (Å²) >= 11 is 0. The fourth-order valence-electron chi connectivity index (χ4n) is 4.07. The van der Waals surface area contributed by atoms with Crippen molar-refractivity contribution < 1.29 is 8.42 Å². The molecule has 0 bridgehead atoms. The number of aryl methyl sites for hydroxylation is 1. The van der Waals surface area contributed by atoms with Crippen LogP contribution in [0.2, 0.25) is 0 Å². The molecular weight excluding hydrogens is 408 g/mol. The molecule has 0 amide bonds. The number of guanidine groups is 1. The van der Waals surface area contributed by atoms with Crippen molar-refractivity contribution in [1.29, 1.82) is 0 Å². The summed E-state index contributed by atoms with van der Waals surface area (Å²) in [5.41, 5.74) is 4.62. The summed E-state index contributed by atoms with van der Waals surface area (Å²) in [6, 6.07) is 14.1. The summed E-state index contributed by atoms with van der Waals surface area (Å²) in [7, 11) is -1.44. The van der Waals surface area contributed by atoms with Crippen LogP contribution in [0.5, 0.6) is 0 Å². The third-order valence-electron chi connectivity index (χ3n) is 6.00.